The molecule has 2 aromatic heterocycles. The van der Waals surface area contributed by atoms with Crippen LogP contribution in [0.4, 0.5) is 5.95 Å². The van der Waals surface area contributed by atoms with Gasteiger partial charge in [0.1, 0.15) is 18.0 Å². The quantitative estimate of drug-likeness (QED) is 0.0623. The highest BCUT2D eigenvalue weighted by atomic mass is 79.9. The highest BCUT2D eigenvalue weighted by Gasteiger charge is 2.33. The Balaban J connectivity index is 0.00000541. The molecule has 0 atom stereocenters. The van der Waals surface area contributed by atoms with Crippen molar-refractivity contribution in [2.24, 2.45) is 7.05 Å². The average molecular weight is 734 g/mol. The first-order valence-corrected chi connectivity index (χ1v) is 14.9. The van der Waals surface area contributed by atoms with Crippen molar-refractivity contribution in [1.82, 2.24) is 19.3 Å². The number of ether oxygens (including phenoxy) is 4. The maximum atomic E-state index is 14.2. The third-order valence-electron chi connectivity index (χ3n) is 7.98. The molecule has 2 heterocycles. The number of methoxy groups -OCH3 is 4. The highest BCUT2D eigenvalue weighted by molar-refractivity contribution is 6.16. The Morgan fingerprint density at radius 3 is 2.14 bits per heavy atom. The van der Waals surface area contributed by atoms with Crippen LogP contribution in [0.25, 0.3) is 22.2 Å². The standard InChI is InChI=1S/C35H37N6O7.BrH/c1-9-13-24-27(45-5)17-16-25-31(33(42)23-18-28(46-6)34(48-8)29(19-23)47-7)37-39(32(24)25)21-41(3,4)20-26-30(22-14-11-10-12-15-22)36-35(38(26)2)40(43)44;/h10-12,14-19H,20-21H2,1-8H3;1H/q+1;/p-1. The van der Waals surface area contributed by atoms with E-state index in [2.05, 4.69) is 16.8 Å². The molecule has 0 N–H and O–H groups in total. The number of halogens is 1. The van der Waals surface area contributed by atoms with Crippen molar-refractivity contribution in [2.45, 2.75) is 20.1 Å². The third-order valence-corrected chi connectivity index (χ3v) is 7.98. The fourth-order valence-corrected chi connectivity index (χ4v) is 5.80. The summed E-state index contributed by atoms with van der Waals surface area (Å²) >= 11 is 0. The molecule has 13 nitrogen and oxygen atoms in total. The molecular formula is C35H37BrN6O7. The molecule has 0 saturated heterocycles. The van der Waals surface area contributed by atoms with Crippen LogP contribution in [0, 0.1) is 22.0 Å². The Morgan fingerprint density at radius 2 is 1.59 bits per heavy atom. The predicted molar refractivity (Wildman–Crippen MR) is 179 cm³/mol. The molecule has 0 radical (unpaired) electrons. The number of hydrogen-bond donors (Lipinski definition) is 0. The lowest BCUT2D eigenvalue weighted by molar-refractivity contribution is -0.926. The molecule has 3 aromatic carbocycles. The maximum absolute atomic E-state index is 14.2. The van der Waals surface area contributed by atoms with E-state index in [9.17, 15) is 14.9 Å². The van der Waals surface area contributed by atoms with Crippen molar-refractivity contribution in [2.75, 3.05) is 42.5 Å². The second kappa shape index (κ2) is 14.8. The number of nitrogens with zero attached hydrogens (tertiary/aromatic N) is 6. The normalized spacial score (nSPS) is 10.9. The molecular weight excluding hydrogens is 696 g/mol. The largest absolute Gasteiger partial charge is 1.00 e. The van der Waals surface area contributed by atoms with Crippen LogP contribution in [-0.2, 0) is 20.3 Å². The van der Waals surface area contributed by atoms with E-state index in [1.54, 1.807) is 50.0 Å². The number of carbonyl (C=O) groups is 1. The summed E-state index contributed by atoms with van der Waals surface area (Å²) in [6.45, 7) is 2.33. The van der Waals surface area contributed by atoms with Crippen LogP contribution in [0.2, 0.25) is 0 Å². The Kier molecular flexibility index (Phi) is 11.0. The maximum Gasteiger partial charge on any atom is 0.435 e. The van der Waals surface area contributed by atoms with Gasteiger partial charge in [-0.25, -0.2) is 9.25 Å². The van der Waals surface area contributed by atoms with Gasteiger partial charge in [-0.2, -0.15) is 5.10 Å². The van der Waals surface area contributed by atoms with Crippen LogP contribution in [0.5, 0.6) is 23.0 Å². The summed E-state index contributed by atoms with van der Waals surface area (Å²) in [7, 11) is 11.6. The van der Waals surface area contributed by atoms with Crippen LogP contribution < -0.4 is 35.9 Å². The molecule has 49 heavy (non-hydrogen) atoms. The Morgan fingerprint density at radius 1 is 0.959 bits per heavy atom. The molecule has 0 amide bonds. The molecule has 0 aliphatic rings. The molecule has 0 bridgehead atoms. The minimum absolute atomic E-state index is 0. The second-order valence-corrected chi connectivity index (χ2v) is 11.6. The van der Waals surface area contributed by atoms with Gasteiger partial charge in [0.05, 0.1) is 60.7 Å². The Hall–Kier alpha value is -5.39. The summed E-state index contributed by atoms with van der Waals surface area (Å²) in [5.41, 5.74) is 3.65. The van der Waals surface area contributed by atoms with Gasteiger partial charge in [0.25, 0.3) is 0 Å². The fourth-order valence-electron chi connectivity index (χ4n) is 5.80. The molecule has 0 saturated carbocycles. The molecule has 0 unspecified atom stereocenters. The zero-order valence-corrected chi connectivity index (χ0v) is 30.1. The number of carbonyl (C=O) groups excluding carboxylic acids is 1. The van der Waals surface area contributed by atoms with Gasteiger partial charge in [0.2, 0.25) is 11.5 Å². The number of benzene rings is 3. The van der Waals surface area contributed by atoms with E-state index >= 15 is 0 Å². The zero-order valence-electron chi connectivity index (χ0n) is 28.5. The molecule has 5 rings (SSSR count). The first-order valence-electron chi connectivity index (χ1n) is 14.9. The fraction of sp³-hybridized carbons (Fsp3) is 0.286. The molecule has 0 fully saturated rings. The monoisotopic (exact) mass is 732 g/mol. The lowest BCUT2D eigenvalue weighted by Gasteiger charge is -2.29. The summed E-state index contributed by atoms with van der Waals surface area (Å²) < 4.78 is 25.7. The number of fused-ring (bicyclic) bond motifs is 1. The minimum Gasteiger partial charge on any atom is -1.00 e. The van der Waals surface area contributed by atoms with Crippen LogP contribution in [0.1, 0.15) is 34.2 Å². The summed E-state index contributed by atoms with van der Waals surface area (Å²) in [5, 5.41) is 17.4. The number of hydrogen-bond acceptors (Lipinski definition) is 9. The molecule has 0 spiro atoms. The average Bonchev–Trinajstić information content (AvgIpc) is 3.60. The Bertz CT molecular complexity index is 2070. The van der Waals surface area contributed by atoms with Gasteiger partial charge >= 0.3 is 5.95 Å². The van der Waals surface area contributed by atoms with E-state index in [0.717, 1.165) is 5.56 Å². The summed E-state index contributed by atoms with van der Waals surface area (Å²) in [4.78, 5) is 30.1. The van der Waals surface area contributed by atoms with E-state index in [0.29, 0.717) is 63.0 Å². The molecule has 256 valence electrons. The van der Waals surface area contributed by atoms with Gasteiger partial charge in [-0.15, -0.1) is 5.92 Å². The van der Waals surface area contributed by atoms with Gasteiger partial charge in [-0.3, -0.25) is 4.79 Å². The predicted octanol–water partition coefficient (Wildman–Crippen LogP) is 2.22. The van der Waals surface area contributed by atoms with Crippen LogP contribution in [-0.4, -0.2) is 77.1 Å². The Labute approximate surface area is 294 Å². The van der Waals surface area contributed by atoms with Gasteiger partial charge in [-0.05, 0) is 36.1 Å². The van der Waals surface area contributed by atoms with E-state index in [1.165, 1.54) is 25.9 Å². The number of ketones is 1. The van der Waals surface area contributed by atoms with Gasteiger partial charge in [0, 0.05) is 16.5 Å². The van der Waals surface area contributed by atoms with Crippen molar-refractivity contribution in [1.29, 1.82) is 0 Å². The van der Waals surface area contributed by atoms with E-state index in [4.69, 9.17) is 24.0 Å². The summed E-state index contributed by atoms with van der Waals surface area (Å²) in [6, 6.07) is 16.1. The minimum atomic E-state index is -0.486. The van der Waals surface area contributed by atoms with Gasteiger partial charge in [-0.1, -0.05) is 41.2 Å². The van der Waals surface area contributed by atoms with Gasteiger partial charge in [0.15, 0.2) is 29.6 Å². The molecule has 5 aromatic rings. The molecule has 0 aliphatic carbocycles. The van der Waals surface area contributed by atoms with Crippen molar-refractivity contribution in [3.05, 3.63) is 87.2 Å². The second-order valence-electron chi connectivity index (χ2n) is 11.6. The number of rotatable bonds is 12. The van der Waals surface area contributed by atoms with Crippen molar-refractivity contribution in [3.8, 4) is 46.1 Å². The number of imidazole rings is 1. The lowest BCUT2D eigenvalue weighted by atomic mass is 10.0. The van der Waals surface area contributed by atoms with Crippen molar-refractivity contribution >= 4 is 22.6 Å². The van der Waals surface area contributed by atoms with Crippen LogP contribution in [0.15, 0.2) is 54.6 Å². The summed E-state index contributed by atoms with van der Waals surface area (Å²) in [5.74, 6) is 7.05. The number of aromatic nitrogens is 4. The molecule has 0 aliphatic heterocycles. The SMILES string of the molecule is CC#Cc1c(OC)ccc2c(C(=O)c3cc(OC)c(OC)c(OC)c3)nn(C[N+](C)(C)Cc3c(-c4ccccc4)nc([N+](=O)[O-])n3C)c12.[Br-]. The lowest BCUT2D eigenvalue weighted by Crippen LogP contribution is -3.00. The molecule has 14 heteroatoms. The van der Waals surface area contributed by atoms with Crippen LogP contribution in [0.3, 0.4) is 0 Å². The topological polar surface area (TPSA) is 133 Å². The van der Waals surface area contributed by atoms with Crippen LogP contribution >= 0.6 is 0 Å². The van der Waals surface area contributed by atoms with Crippen molar-refractivity contribution in [3.63, 3.8) is 0 Å². The van der Waals surface area contributed by atoms with E-state index in [1.807, 2.05) is 44.4 Å². The zero-order chi connectivity index (χ0) is 34.7. The third kappa shape index (κ3) is 6.94. The first-order chi connectivity index (χ1) is 23.0. The highest BCUT2D eigenvalue weighted by Crippen LogP contribution is 2.40. The van der Waals surface area contributed by atoms with Crippen molar-refractivity contribution < 1.29 is 50.1 Å². The van der Waals surface area contributed by atoms with E-state index in [-0.39, 0.29) is 45.6 Å². The summed E-state index contributed by atoms with van der Waals surface area (Å²) in [6.07, 6.45) is 0. The van der Waals surface area contributed by atoms with E-state index < -0.39 is 4.92 Å². The number of nitro groups is 1. The first kappa shape index (κ1) is 36.4. The number of quaternary nitrogens is 1. The smallest absolute Gasteiger partial charge is 0.435 e. The van der Waals surface area contributed by atoms with Gasteiger partial charge < -0.3 is 50.5 Å².